The fourth-order valence-electron chi connectivity index (χ4n) is 2.84. The van der Waals surface area contributed by atoms with E-state index in [1.54, 1.807) is 19.2 Å². The Kier molecular flexibility index (Phi) is 5.31. The summed E-state index contributed by atoms with van der Waals surface area (Å²) < 4.78 is 5.45. The van der Waals surface area contributed by atoms with E-state index >= 15 is 0 Å². The van der Waals surface area contributed by atoms with Crippen molar-refractivity contribution in [3.63, 3.8) is 0 Å². The molecular weight excluding hydrogens is 310 g/mol. The summed E-state index contributed by atoms with van der Waals surface area (Å²) in [6.07, 6.45) is 1.45. The van der Waals surface area contributed by atoms with Crippen LogP contribution in [0.1, 0.15) is 33.6 Å². The van der Waals surface area contributed by atoms with Gasteiger partial charge in [0.15, 0.2) is 0 Å². The summed E-state index contributed by atoms with van der Waals surface area (Å²) in [5.74, 6) is -0.218. The third-order valence-electron chi connectivity index (χ3n) is 4.05. The predicted molar refractivity (Wildman–Crippen MR) is 93.4 cm³/mol. The number of hydrogen-bond donors (Lipinski definition) is 1. The summed E-state index contributed by atoms with van der Waals surface area (Å²) in [5, 5.41) is 13.9. The van der Waals surface area contributed by atoms with E-state index in [2.05, 4.69) is 10.2 Å². The van der Waals surface area contributed by atoms with Crippen LogP contribution in [0.4, 0.5) is 17.1 Å². The van der Waals surface area contributed by atoms with Crippen molar-refractivity contribution in [2.45, 2.75) is 39.2 Å². The second-order valence-corrected chi connectivity index (χ2v) is 7.00. The van der Waals surface area contributed by atoms with Crippen LogP contribution in [0, 0.1) is 16.0 Å². The lowest BCUT2D eigenvalue weighted by Crippen LogP contribution is -2.38. The molecule has 0 spiro atoms. The summed E-state index contributed by atoms with van der Waals surface area (Å²) in [6, 6.07) is 5.06. The van der Waals surface area contributed by atoms with Crippen LogP contribution in [0.5, 0.6) is 0 Å². The number of piperidine rings is 1. The average Bonchev–Trinajstić information content (AvgIpc) is 2.52. The van der Waals surface area contributed by atoms with Gasteiger partial charge in [-0.1, -0.05) is 0 Å². The first-order chi connectivity index (χ1) is 11.2. The lowest BCUT2D eigenvalue weighted by molar-refractivity contribution is -0.383. The number of nitrogens with zero attached hydrogens (tertiary/aromatic N) is 2. The van der Waals surface area contributed by atoms with E-state index in [1.807, 2.05) is 20.8 Å². The maximum absolute atomic E-state index is 12.2. The van der Waals surface area contributed by atoms with E-state index in [9.17, 15) is 14.9 Å². The maximum atomic E-state index is 12.2. The Morgan fingerprint density at radius 3 is 2.46 bits per heavy atom. The zero-order valence-electron chi connectivity index (χ0n) is 14.7. The normalized spacial score (nSPS) is 15.9. The van der Waals surface area contributed by atoms with Gasteiger partial charge in [0.2, 0.25) is 0 Å². The molecule has 7 heteroatoms. The van der Waals surface area contributed by atoms with E-state index in [-0.39, 0.29) is 17.6 Å². The number of anilines is 2. The first kappa shape index (κ1) is 18.0. The van der Waals surface area contributed by atoms with Gasteiger partial charge in [-0.3, -0.25) is 14.9 Å². The minimum Gasteiger partial charge on any atom is -0.460 e. The molecule has 1 heterocycles. The molecule has 0 saturated carbocycles. The fourth-order valence-corrected chi connectivity index (χ4v) is 2.84. The van der Waals surface area contributed by atoms with Gasteiger partial charge in [-0.25, -0.2) is 0 Å². The average molecular weight is 335 g/mol. The Labute approximate surface area is 142 Å². The van der Waals surface area contributed by atoms with Crippen molar-refractivity contribution >= 4 is 23.0 Å². The van der Waals surface area contributed by atoms with E-state index in [0.29, 0.717) is 5.69 Å². The Hall–Kier alpha value is -2.31. The fraction of sp³-hybridized carbons (Fsp3) is 0.588. The zero-order valence-corrected chi connectivity index (χ0v) is 14.7. The highest BCUT2D eigenvalue weighted by Gasteiger charge is 2.29. The number of benzene rings is 1. The minimum absolute atomic E-state index is 0.0601. The third-order valence-corrected chi connectivity index (χ3v) is 4.05. The quantitative estimate of drug-likeness (QED) is 0.517. The van der Waals surface area contributed by atoms with E-state index in [1.165, 1.54) is 6.07 Å². The number of nitro groups is 1. The summed E-state index contributed by atoms with van der Waals surface area (Å²) >= 11 is 0. The zero-order chi connectivity index (χ0) is 17.9. The molecule has 0 aromatic heterocycles. The molecule has 1 aromatic carbocycles. The number of carbonyl (C=O) groups is 1. The minimum atomic E-state index is -0.464. The Balaban J connectivity index is 2.02. The first-order valence-electron chi connectivity index (χ1n) is 8.15. The van der Waals surface area contributed by atoms with E-state index < -0.39 is 10.5 Å². The molecule has 24 heavy (non-hydrogen) atoms. The number of nitrogens with one attached hydrogen (secondary N) is 1. The number of hydrogen-bond acceptors (Lipinski definition) is 6. The van der Waals surface area contributed by atoms with Crippen LogP contribution >= 0.6 is 0 Å². The molecule has 1 aliphatic heterocycles. The summed E-state index contributed by atoms with van der Waals surface area (Å²) in [5.41, 5.74) is 1.01. The molecule has 0 aliphatic carbocycles. The molecule has 0 atom stereocenters. The molecule has 0 radical (unpaired) electrons. The van der Waals surface area contributed by atoms with Gasteiger partial charge in [-0.15, -0.1) is 0 Å². The van der Waals surface area contributed by atoms with Gasteiger partial charge in [0.25, 0.3) is 5.69 Å². The molecule has 1 fully saturated rings. The molecule has 0 bridgehead atoms. The maximum Gasteiger partial charge on any atom is 0.309 e. The van der Waals surface area contributed by atoms with Gasteiger partial charge in [0.1, 0.15) is 11.3 Å². The lowest BCUT2D eigenvalue weighted by atomic mass is 9.96. The van der Waals surface area contributed by atoms with Crippen molar-refractivity contribution in [2.75, 3.05) is 30.4 Å². The molecule has 0 unspecified atom stereocenters. The Morgan fingerprint density at radius 2 is 1.96 bits per heavy atom. The molecular formula is C17H25N3O4. The van der Waals surface area contributed by atoms with Gasteiger partial charge in [-0.05, 0) is 45.7 Å². The number of rotatable bonds is 4. The molecule has 7 nitrogen and oxygen atoms in total. The second kappa shape index (κ2) is 7.07. The van der Waals surface area contributed by atoms with Crippen molar-refractivity contribution in [1.82, 2.24) is 0 Å². The van der Waals surface area contributed by atoms with Gasteiger partial charge in [0.05, 0.1) is 10.8 Å². The van der Waals surface area contributed by atoms with Crippen LogP contribution in [0.25, 0.3) is 0 Å². The Morgan fingerprint density at radius 1 is 1.33 bits per heavy atom. The first-order valence-corrected chi connectivity index (χ1v) is 8.15. The smallest absolute Gasteiger partial charge is 0.309 e. The molecule has 132 valence electrons. The lowest BCUT2D eigenvalue weighted by Gasteiger charge is -2.34. The van der Waals surface area contributed by atoms with Crippen LogP contribution in [0.15, 0.2) is 18.2 Å². The third kappa shape index (κ3) is 4.37. The van der Waals surface area contributed by atoms with Crippen LogP contribution in [-0.4, -0.2) is 36.6 Å². The molecule has 1 N–H and O–H groups in total. The molecule has 1 aromatic rings. The highest BCUT2D eigenvalue weighted by molar-refractivity contribution is 5.74. The van der Waals surface area contributed by atoms with Crippen molar-refractivity contribution < 1.29 is 14.5 Å². The van der Waals surface area contributed by atoms with Crippen LogP contribution in [-0.2, 0) is 9.53 Å². The number of nitro benzene ring substituents is 1. The van der Waals surface area contributed by atoms with Crippen molar-refractivity contribution in [3.8, 4) is 0 Å². The summed E-state index contributed by atoms with van der Waals surface area (Å²) in [6.45, 7) is 7.07. The van der Waals surface area contributed by atoms with Gasteiger partial charge in [0, 0.05) is 31.9 Å². The van der Waals surface area contributed by atoms with Crippen LogP contribution in [0.2, 0.25) is 0 Å². The highest BCUT2D eigenvalue weighted by atomic mass is 16.6. The van der Waals surface area contributed by atoms with Gasteiger partial charge in [-0.2, -0.15) is 0 Å². The monoisotopic (exact) mass is 335 g/mol. The van der Waals surface area contributed by atoms with Gasteiger partial charge >= 0.3 is 5.97 Å². The Bertz CT molecular complexity index is 617. The molecule has 1 aliphatic rings. The largest absolute Gasteiger partial charge is 0.460 e. The van der Waals surface area contributed by atoms with Crippen LogP contribution in [0.3, 0.4) is 0 Å². The molecule has 2 rings (SSSR count). The van der Waals surface area contributed by atoms with E-state index in [0.717, 1.165) is 31.6 Å². The molecule has 0 amide bonds. The highest BCUT2D eigenvalue weighted by Crippen LogP contribution is 2.31. The van der Waals surface area contributed by atoms with Crippen LogP contribution < -0.4 is 10.2 Å². The number of ether oxygens (including phenoxy) is 1. The standard InChI is InChI=1S/C17H25N3O4/c1-17(2,3)24-16(21)12-7-9-19(10-8-12)13-5-6-15(20(22)23)14(11-13)18-4/h5-6,11-12,18H,7-10H2,1-4H3. The van der Waals surface area contributed by atoms with Crippen molar-refractivity contribution in [3.05, 3.63) is 28.3 Å². The van der Waals surface area contributed by atoms with E-state index in [4.69, 9.17) is 4.74 Å². The molecule has 1 saturated heterocycles. The van der Waals surface area contributed by atoms with Crippen molar-refractivity contribution in [2.24, 2.45) is 5.92 Å². The summed E-state index contributed by atoms with van der Waals surface area (Å²) in [7, 11) is 1.67. The number of carbonyl (C=O) groups excluding carboxylic acids is 1. The van der Waals surface area contributed by atoms with Crippen molar-refractivity contribution in [1.29, 1.82) is 0 Å². The predicted octanol–water partition coefficient (Wildman–Crippen LogP) is 3.19. The second-order valence-electron chi connectivity index (χ2n) is 7.00. The topological polar surface area (TPSA) is 84.7 Å². The summed E-state index contributed by atoms with van der Waals surface area (Å²) in [4.78, 5) is 24.9. The van der Waals surface area contributed by atoms with Gasteiger partial charge < -0.3 is 15.0 Å². The number of esters is 1. The SMILES string of the molecule is CNc1cc(N2CCC(C(=O)OC(C)(C)C)CC2)ccc1[N+](=O)[O-].